The van der Waals surface area contributed by atoms with E-state index in [1.165, 1.54) is 0 Å². The van der Waals surface area contributed by atoms with E-state index < -0.39 is 0 Å². The molecule has 0 aliphatic heterocycles. The van der Waals surface area contributed by atoms with Crippen LogP contribution in [0.2, 0.25) is 0 Å². The predicted octanol–water partition coefficient (Wildman–Crippen LogP) is 3.24. The van der Waals surface area contributed by atoms with Gasteiger partial charge in [-0.25, -0.2) is 0 Å². The molecule has 0 radical (unpaired) electrons. The zero-order chi connectivity index (χ0) is 22.4. The van der Waals surface area contributed by atoms with E-state index >= 15 is 0 Å². The highest BCUT2D eigenvalue weighted by Gasteiger charge is 2.19. The summed E-state index contributed by atoms with van der Waals surface area (Å²) < 4.78 is 1.62. The molecule has 0 aliphatic carbocycles. The van der Waals surface area contributed by atoms with Gasteiger partial charge in [0.1, 0.15) is 0 Å². The van der Waals surface area contributed by atoms with Crippen molar-refractivity contribution in [3.63, 3.8) is 0 Å². The first-order chi connectivity index (χ1) is 14.8. The van der Waals surface area contributed by atoms with Crippen LogP contribution in [0.3, 0.4) is 0 Å². The van der Waals surface area contributed by atoms with E-state index in [4.69, 9.17) is 0 Å². The molecule has 3 aromatic rings. The van der Waals surface area contributed by atoms with Crippen molar-refractivity contribution >= 4 is 23.3 Å². The normalized spacial score (nSPS) is 10.7. The van der Waals surface area contributed by atoms with E-state index in [1.807, 2.05) is 43.3 Å². The van der Waals surface area contributed by atoms with Gasteiger partial charge in [-0.3, -0.25) is 29.4 Å². The number of hydrogen-bond donors (Lipinski definition) is 2. The third kappa shape index (κ3) is 5.67. The summed E-state index contributed by atoms with van der Waals surface area (Å²) in [6, 6.07) is 19.8. The van der Waals surface area contributed by atoms with Crippen LogP contribution in [0.1, 0.15) is 32.1 Å². The molecule has 2 amide bonds. The number of ketones is 1. The number of nitrogens with zero attached hydrogens (tertiary/aromatic N) is 2. The summed E-state index contributed by atoms with van der Waals surface area (Å²) >= 11 is 0. The van der Waals surface area contributed by atoms with Crippen molar-refractivity contribution < 1.29 is 14.4 Å². The van der Waals surface area contributed by atoms with Crippen molar-refractivity contribution in [2.45, 2.75) is 13.8 Å². The summed E-state index contributed by atoms with van der Waals surface area (Å²) in [5.41, 5.74) is 5.98. The Balaban J connectivity index is 1.62. The summed E-state index contributed by atoms with van der Waals surface area (Å²) in [6.07, 6.45) is 0. The van der Waals surface area contributed by atoms with E-state index in [-0.39, 0.29) is 30.7 Å². The summed E-state index contributed by atoms with van der Waals surface area (Å²) in [5.74, 6) is -0.568. The standard InChI is InChI=1S/C24H26N4O3/c1-17-14-21(18(2)28(17)26-24(31)19-10-6-4-7-11-19)22(29)15-27(3)16-23(30)25-20-12-8-5-9-13-20/h4-14H,15-16H2,1-3H3,(H,25,30)(H,26,31). The average molecular weight is 418 g/mol. The second-order valence-corrected chi connectivity index (χ2v) is 7.44. The summed E-state index contributed by atoms with van der Waals surface area (Å²) in [5, 5.41) is 2.80. The SMILES string of the molecule is Cc1cc(C(=O)CN(C)CC(=O)Nc2ccccc2)c(C)n1NC(=O)c1ccccc1. The Morgan fingerprint density at radius 3 is 2.16 bits per heavy atom. The third-order valence-corrected chi connectivity index (χ3v) is 4.87. The first kappa shape index (κ1) is 22.0. The molecule has 0 saturated carbocycles. The van der Waals surface area contributed by atoms with Crippen LogP contribution in [0.15, 0.2) is 66.7 Å². The highest BCUT2D eigenvalue weighted by molar-refractivity contribution is 6.02. The molecular formula is C24H26N4O3. The molecule has 0 unspecified atom stereocenters. The zero-order valence-electron chi connectivity index (χ0n) is 17.9. The van der Waals surface area contributed by atoms with E-state index in [2.05, 4.69) is 10.7 Å². The molecule has 0 bridgehead atoms. The molecule has 1 heterocycles. The zero-order valence-corrected chi connectivity index (χ0v) is 17.9. The van der Waals surface area contributed by atoms with Gasteiger partial charge in [0.25, 0.3) is 5.91 Å². The fraction of sp³-hybridized carbons (Fsp3) is 0.208. The minimum atomic E-state index is -0.254. The van der Waals surface area contributed by atoms with E-state index in [1.54, 1.807) is 53.9 Å². The lowest BCUT2D eigenvalue weighted by Crippen LogP contribution is -2.34. The maximum absolute atomic E-state index is 12.8. The van der Waals surface area contributed by atoms with Gasteiger partial charge in [0.15, 0.2) is 5.78 Å². The largest absolute Gasteiger partial charge is 0.325 e. The second kappa shape index (κ2) is 9.86. The van der Waals surface area contributed by atoms with Crippen molar-refractivity contribution in [3.8, 4) is 0 Å². The molecule has 160 valence electrons. The third-order valence-electron chi connectivity index (χ3n) is 4.87. The average Bonchev–Trinajstić information content (AvgIpc) is 3.03. The van der Waals surface area contributed by atoms with Crippen LogP contribution in [-0.4, -0.2) is 47.3 Å². The number of nitrogens with one attached hydrogen (secondary N) is 2. The maximum Gasteiger partial charge on any atom is 0.270 e. The van der Waals surface area contributed by atoms with Gasteiger partial charge in [-0.1, -0.05) is 36.4 Å². The predicted molar refractivity (Wildman–Crippen MR) is 121 cm³/mol. The van der Waals surface area contributed by atoms with E-state index in [9.17, 15) is 14.4 Å². The number of para-hydroxylation sites is 1. The van der Waals surface area contributed by atoms with E-state index in [0.29, 0.717) is 22.5 Å². The van der Waals surface area contributed by atoms with Gasteiger partial charge in [0.05, 0.1) is 13.1 Å². The van der Waals surface area contributed by atoms with Crippen molar-refractivity contribution in [2.75, 3.05) is 30.9 Å². The highest BCUT2D eigenvalue weighted by Crippen LogP contribution is 2.15. The monoisotopic (exact) mass is 418 g/mol. The Bertz CT molecular complexity index is 1070. The van der Waals surface area contributed by atoms with Crippen LogP contribution >= 0.6 is 0 Å². The molecule has 7 nitrogen and oxygen atoms in total. The van der Waals surface area contributed by atoms with Gasteiger partial charge in [-0.2, -0.15) is 0 Å². The van der Waals surface area contributed by atoms with Crippen molar-refractivity contribution in [3.05, 3.63) is 89.2 Å². The van der Waals surface area contributed by atoms with Crippen molar-refractivity contribution in [1.29, 1.82) is 0 Å². The molecule has 2 N–H and O–H groups in total. The summed E-state index contributed by atoms with van der Waals surface area (Å²) in [6.45, 7) is 3.78. The van der Waals surface area contributed by atoms with Crippen LogP contribution in [0, 0.1) is 13.8 Å². The molecule has 3 rings (SSSR count). The molecule has 0 aliphatic rings. The second-order valence-electron chi connectivity index (χ2n) is 7.44. The van der Waals surface area contributed by atoms with Gasteiger partial charge in [-0.15, -0.1) is 0 Å². The molecular weight excluding hydrogens is 392 g/mol. The minimum absolute atomic E-state index is 0.0825. The number of rotatable bonds is 8. The van der Waals surface area contributed by atoms with Gasteiger partial charge >= 0.3 is 0 Å². The molecule has 0 fully saturated rings. The number of hydrogen-bond acceptors (Lipinski definition) is 4. The quantitative estimate of drug-likeness (QED) is 0.550. The molecule has 31 heavy (non-hydrogen) atoms. The smallest absolute Gasteiger partial charge is 0.270 e. The number of benzene rings is 2. The first-order valence-electron chi connectivity index (χ1n) is 9.97. The fourth-order valence-electron chi connectivity index (χ4n) is 3.33. The minimum Gasteiger partial charge on any atom is -0.325 e. The van der Waals surface area contributed by atoms with Gasteiger partial charge in [0.2, 0.25) is 5.91 Å². The Morgan fingerprint density at radius 1 is 0.903 bits per heavy atom. The topological polar surface area (TPSA) is 83.4 Å². The van der Waals surface area contributed by atoms with Crippen LogP contribution in [0.5, 0.6) is 0 Å². The Kier molecular flexibility index (Phi) is 6.99. The van der Waals surface area contributed by atoms with Crippen LogP contribution in [0.25, 0.3) is 0 Å². The first-order valence-corrected chi connectivity index (χ1v) is 9.97. The highest BCUT2D eigenvalue weighted by atomic mass is 16.2. The Morgan fingerprint density at radius 2 is 1.52 bits per heavy atom. The number of aromatic nitrogens is 1. The van der Waals surface area contributed by atoms with Crippen LogP contribution < -0.4 is 10.7 Å². The number of amides is 2. The molecule has 0 saturated heterocycles. The maximum atomic E-state index is 12.8. The van der Waals surface area contributed by atoms with Gasteiger partial charge < -0.3 is 5.32 Å². The number of carbonyl (C=O) groups is 3. The van der Waals surface area contributed by atoms with Gasteiger partial charge in [-0.05, 0) is 51.2 Å². The Hall–Kier alpha value is -3.71. The summed E-state index contributed by atoms with van der Waals surface area (Å²) in [7, 11) is 1.72. The lowest BCUT2D eigenvalue weighted by atomic mass is 10.1. The lowest BCUT2D eigenvalue weighted by molar-refractivity contribution is -0.116. The van der Waals surface area contributed by atoms with Crippen molar-refractivity contribution in [1.82, 2.24) is 9.58 Å². The molecule has 0 atom stereocenters. The molecule has 7 heteroatoms. The number of carbonyl (C=O) groups excluding carboxylic acids is 3. The van der Waals surface area contributed by atoms with Crippen molar-refractivity contribution in [2.24, 2.45) is 0 Å². The van der Waals surface area contributed by atoms with E-state index in [0.717, 1.165) is 5.69 Å². The Labute approximate surface area is 181 Å². The summed E-state index contributed by atoms with van der Waals surface area (Å²) in [4.78, 5) is 39.2. The molecule has 1 aromatic heterocycles. The number of likely N-dealkylation sites (N-methyl/N-ethyl adjacent to an activating group) is 1. The van der Waals surface area contributed by atoms with Crippen LogP contribution in [-0.2, 0) is 4.79 Å². The number of Topliss-reactive ketones (excluding diaryl/α,β-unsaturated/α-hetero) is 1. The van der Waals surface area contributed by atoms with Gasteiger partial charge in [0, 0.05) is 28.2 Å². The number of anilines is 1. The number of aryl methyl sites for hydroxylation is 1. The fourth-order valence-corrected chi connectivity index (χ4v) is 3.33. The van der Waals surface area contributed by atoms with Crippen LogP contribution in [0.4, 0.5) is 5.69 Å². The molecule has 0 spiro atoms. The molecule has 2 aromatic carbocycles. The lowest BCUT2D eigenvalue weighted by Gasteiger charge is -2.16.